The monoisotopic (exact) mass is 405 g/mol. The molecule has 1 saturated heterocycles. The third-order valence-electron chi connectivity index (χ3n) is 5.77. The van der Waals surface area contributed by atoms with Crippen molar-refractivity contribution >= 4 is 16.9 Å². The van der Waals surface area contributed by atoms with Crippen molar-refractivity contribution in [2.45, 2.75) is 58.5 Å². The van der Waals surface area contributed by atoms with Gasteiger partial charge in [-0.05, 0) is 63.9 Å². The predicted molar refractivity (Wildman–Crippen MR) is 120 cm³/mol. The summed E-state index contributed by atoms with van der Waals surface area (Å²) in [5.41, 5.74) is 3.16. The molecule has 1 atom stereocenters. The highest BCUT2D eigenvalue weighted by Gasteiger charge is 2.38. The van der Waals surface area contributed by atoms with Gasteiger partial charge in [0, 0.05) is 31.0 Å². The number of aromatic nitrogens is 2. The number of aryl methyl sites for hydroxylation is 2. The first kappa shape index (κ1) is 20.5. The molecule has 1 aliphatic rings. The first-order valence-corrected chi connectivity index (χ1v) is 10.8. The van der Waals surface area contributed by atoms with Crippen molar-refractivity contribution < 1.29 is 9.53 Å². The van der Waals surface area contributed by atoms with Gasteiger partial charge in [0.2, 0.25) is 5.91 Å². The van der Waals surface area contributed by atoms with Crippen molar-refractivity contribution in [3.8, 4) is 5.75 Å². The molecule has 3 aromatic rings. The van der Waals surface area contributed by atoms with Crippen LogP contribution in [0.5, 0.6) is 5.75 Å². The Morgan fingerprint density at radius 2 is 1.93 bits per heavy atom. The van der Waals surface area contributed by atoms with E-state index in [2.05, 4.69) is 62.6 Å². The average molecular weight is 406 g/mol. The smallest absolute Gasteiger partial charge is 0.223 e. The molecular weight excluding hydrogens is 374 g/mol. The number of imidazole rings is 1. The first-order chi connectivity index (χ1) is 14.3. The van der Waals surface area contributed by atoms with Gasteiger partial charge in [-0.1, -0.05) is 24.3 Å². The van der Waals surface area contributed by atoms with Gasteiger partial charge < -0.3 is 14.2 Å². The van der Waals surface area contributed by atoms with Gasteiger partial charge in [-0.2, -0.15) is 0 Å². The van der Waals surface area contributed by atoms with Crippen molar-refractivity contribution in [3.63, 3.8) is 0 Å². The molecule has 0 radical (unpaired) electrons. The number of rotatable bonds is 6. The Morgan fingerprint density at radius 3 is 2.67 bits per heavy atom. The minimum absolute atomic E-state index is 0.127. The van der Waals surface area contributed by atoms with Crippen LogP contribution in [-0.4, -0.2) is 39.0 Å². The van der Waals surface area contributed by atoms with Crippen LogP contribution in [-0.2, 0) is 11.3 Å². The van der Waals surface area contributed by atoms with Crippen LogP contribution in [0.3, 0.4) is 0 Å². The van der Waals surface area contributed by atoms with E-state index in [4.69, 9.17) is 9.72 Å². The van der Waals surface area contributed by atoms with Crippen molar-refractivity contribution in [3.05, 3.63) is 59.9 Å². The average Bonchev–Trinajstić information content (AvgIpc) is 3.26. The number of fused-ring (bicyclic) bond motifs is 1. The summed E-state index contributed by atoms with van der Waals surface area (Å²) in [6, 6.07) is 16.4. The number of ether oxygens (including phenoxy) is 1. The number of likely N-dealkylation sites (tertiary alicyclic amines) is 1. The molecule has 5 nitrogen and oxygen atoms in total. The normalized spacial score (nSPS) is 17.1. The molecular formula is C25H31N3O2. The lowest BCUT2D eigenvalue weighted by Gasteiger charge is -2.32. The van der Waals surface area contributed by atoms with E-state index in [0.29, 0.717) is 13.0 Å². The molecule has 1 unspecified atom stereocenters. The second kappa shape index (κ2) is 8.13. The van der Waals surface area contributed by atoms with E-state index >= 15 is 0 Å². The number of hydrogen-bond acceptors (Lipinski definition) is 3. The number of hydrogen-bond donors (Lipinski definition) is 0. The zero-order chi connectivity index (χ0) is 21.3. The predicted octanol–water partition coefficient (Wildman–Crippen LogP) is 4.93. The van der Waals surface area contributed by atoms with Gasteiger partial charge >= 0.3 is 0 Å². The van der Waals surface area contributed by atoms with E-state index in [9.17, 15) is 4.79 Å². The van der Waals surface area contributed by atoms with Gasteiger partial charge in [-0.15, -0.1) is 0 Å². The molecule has 5 heteroatoms. The summed E-state index contributed by atoms with van der Waals surface area (Å²) in [6.45, 7) is 10.6. The summed E-state index contributed by atoms with van der Waals surface area (Å²) in [5, 5.41) is 0. The molecule has 1 amide bonds. The maximum Gasteiger partial charge on any atom is 0.223 e. The molecule has 2 heterocycles. The Kier molecular flexibility index (Phi) is 5.54. The molecule has 0 aliphatic carbocycles. The number of nitrogens with zero attached hydrogens (tertiary/aromatic N) is 3. The summed E-state index contributed by atoms with van der Waals surface area (Å²) in [6.07, 6.45) is 1.41. The fraction of sp³-hybridized carbons (Fsp3) is 0.440. The van der Waals surface area contributed by atoms with Crippen LogP contribution >= 0.6 is 0 Å². The van der Waals surface area contributed by atoms with Crippen molar-refractivity contribution in [2.24, 2.45) is 0 Å². The number of para-hydroxylation sites is 2. The number of carbonyl (C=O) groups excluding carboxylic acids is 1. The topological polar surface area (TPSA) is 47.4 Å². The fourth-order valence-corrected chi connectivity index (χ4v) is 4.29. The van der Waals surface area contributed by atoms with E-state index in [-0.39, 0.29) is 17.4 Å². The van der Waals surface area contributed by atoms with E-state index in [1.165, 1.54) is 5.56 Å². The largest absolute Gasteiger partial charge is 0.494 e. The molecule has 1 aromatic heterocycles. The first-order valence-electron chi connectivity index (χ1n) is 10.8. The third kappa shape index (κ3) is 4.20. The lowest BCUT2D eigenvalue weighted by Crippen LogP contribution is -2.42. The molecule has 2 aromatic carbocycles. The zero-order valence-electron chi connectivity index (χ0n) is 18.4. The third-order valence-corrected chi connectivity index (χ3v) is 5.77. The van der Waals surface area contributed by atoms with Crippen LogP contribution in [0.25, 0.3) is 11.0 Å². The van der Waals surface area contributed by atoms with Crippen molar-refractivity contribution in [1.82, 2.24) is 14.5 Å². The Hall–Kier alpha value is -2.82. The number of amides is 1. The van der Waals surface area contributed by atoms with Crippen LogP contribution < -0.4 is 4.74 Å². The fourth-order valence-electron chi connectivity index (χ4n) is 4.29. The standard InChI is InChI=1S/C25H31N3O2/c1-18-9-7-10-20(15-18)30-14-8-13-27-22-12-6-5-11-21(22)26-24(27)19-16-23(29)28(17-19)25(2,3)4/h5-7,9-12,15,19H,8,13-14,16-17H2,1-4H3. The summed E-state index contributed by atoms with van der Waals surface area (Å²) in [7, 11) is 0. The highest BCUT2D eigenvalue weighted by molar-refractivity contribution is 5.81. The Morgan fingerprint density at radius 1 is 1.13 bits per heavy atom. The van der Waals surface area contributed by atoms with E-state index in [1.807, 2.05) is 23.1 Å². The lowest BCUT2D eigenvalue weighted by atomic mass is 10.1. The molecule has 0 N–H and O–H groups in total. The SMILES string of the molecule is Cc1cccc(OCCCn2c(C3CC(=O)N(C(C)(C)C)C3)nc3ccccc32)c1. The Labute approximate surface area is 178 Å². The molecule has 30 heavy (non-hydrogen) atoms. The summed E-state index contributed by atoms with van der Waals surface area (Å²) < 4.78 is 8.24. The van der Waals surface area contributed by atoms with Crippen molar-refractivity contribution in [1.29, 1.82) is 0 Å². The van der Waals surface area contributed by atoms with Gasteiger partial charge in [0.25, 0.3) is 0 Å². The maximum absolute atomic E-state index is 12.6. The summed E-state index contributed by atoms with van der Waals surface area (Å²) in [4.78, 5) is 19.6. The molecule has 4 rings (SSSR count). The maximum atomic E-state index is 12.6. The highest BCUT2D eigenvalue weighted by atomic mass is 16.5. The molecule has 158 valence electrons. The van der Waals surface area contributed by atoms with Gasteiger partial charge in [-0.3, -0.25) is 4.79 Å². The molecule has 1 fully saturated rings. The molecule has 0 bridgehead atoms. The van der Waals surface area contributed by atoms with Crippen LogP contribution in [0.4, 0.5) is 0 Å². The second-order valence-electron chi connectivity index (χ2n) is 9.21. The summed E-state index contributed by atoms with van der Waals surface area (Å²) in [5.74, 6) is 2.27. The van der Waals surface area contributed by atoms with Crippen molar-refractivity contribution in [2.75, 3.05) is 13.2 Å². The van der Waals surface area contributed by atoms with E-state index in [1.54, 1.807) is 0 Å². The second-order valence-corrected chi connectivity index (χ2v) is 9.21. The van der Waals surface area contributed by atoms with Crippen LogP contribution in [0.1, 0.15) is 50.9 Å². The Balaban J connectivity index is 1.52. The van der Waals surface area contributed by atoms with E-state index < -0.39 is 0 Å². The molecule has 1 aliphatic heterocycles. The highest BCUT2D eigenvalue weighted by Crippen LogP contribution is 2.34. The van der Waals surface area contributed by atoms with Gasteiger partial charge in [0.15, 0.2) is 0 Å². The zero-order valence-corrected chi connectivity index (χ0v) is 18.4. The molecule has 0 saturated carbocycles. The van der Waals surface area contributed by atoms with Gasteiger partial charge in [0.05, 0.1) is 17.6 Å². The minimum Gasteiger partial charge on any atom is -0.494 e. The Bertz CT molecular complexity index is 1050. The number of benzene rings is 2. The lowest BCUT2D eigenvalue weighted by molar-refractivity contribution is -0.131. The van der Waals surface area contributed by atoms with Crippen LogP contribution in [0, 0.1) is 6.92 Å². The van der Waals surface area contributed by atoms with E-state index in [0.717, 1.165) is 42.1 Å². The van der Waals surface area contributed by atoms with Gasteiger partial charge in [0.1, 0.15) is 11.6 Å². The molecule has 0 spiro atoms. The van der Waals surface area contributed by atoms with Gasteiger partial charge in [-0.25, -0.2) is 4.98 Å². The minimum atomic E-state index is -0.162. The quantitative estimate of drug-likeness (QED) is 0.547. The summed E-state index contributed by atoms with van der Waals surface area (Å²) >= 11 is 0. The van der Waals surface area contributed by atoms with Crippen LogP contribution in [0.15, 0.2) is 48.5 Å². The number of carbonyl (C=O) groups is 1. The van der Waals surface area contributed by atoms with Crippen LogP contribution in [0.2, 0.25) is 0 Å².